The molecule has 0 aliphatic carbocycles. The maximum absolute atomic E-state index is 11.6. The van der Waals surface area contributed by atoms with Crippen molar-refractivity contribution in [1.29, 1.82) is 0 Å². The lowest BCUT2D eigenvalue weighted by Crippen LogP contribution is -2.01. The van der Waals surface area contributed by atoms with E-state index in [1.807, 2.05) is 0 Å². The standard InChI is InChI=1S/C18H18O5/c1-21-14-7-4-12(5-8-14)10-15(18(19)20)13-6-9-16(22-2)17(11-13)23-3/h4-11H,1-3H3,(H,19,20)/b15-10-. The van der Waals surface area contributed by atoms with E-state index in [9.17, 15) is 9.90 Å². The number of rotatable bonds is 6. The van der Waals surface area contributed by atoms with Crippen molar-refractivity contribution in [2.24, 2.45) is 0 Å². The average Bonchev–Trinajstić information content (AvgIpc) is 2.59. The minimum Gasteiger partial charge on any atom is -0.497 e. The Bertz CT molecular complexity index is 717. The van der Waals surface area contributed by atoms with Crippen LogP contribution in [0.5, 0.6) is 17.2 Å². The van der Waals surface area contributed by atoms with Crippen molar-refractivity contribution >= 4 is 17.6 Å². The fraction of sp³-hybridized carbons (Fsp3) is 0.167. The number of hydrogen-bond donors (Lipinski definition) is 1. The van der Waals surface area contributed by atoms with Crippen LogP contribution in [0.1, 0.15) is 11.1 Å². The molecule has 0 atom stereocenters. The van der Waals surface area contributed by atoms with Crippen molar-refractivity contribution in [3.05, 3.63) is 53.6 Å². The molecule has 0 spiro atoms. The van der Waals surface area contributed by atoms with E-state index in [2.05, 4.69) is 0 Å². The number of carboxylic acids is 1. The van der Waals surface area contributed by atoms with Crippen LogP contribution < -0.4 is 14.2 Å². The third-order valence-corrected chi connectivity index (χ3v) is 3.35. The van der Waals surface area contributed by atoms with Gasteiger partial charge in [0.15, 0.2) is 11.5 Å². The normalized spacial score (nSPS) is 11.0. The van der Waals surface area contributed by atoms with Gasteiger partial charge in [0, 0.05) is 0 Å². The van der Waals surface area contributed by atoms with E-state index in [0.717, 1.165) is 5.56 Å². The Morgan fingerprint density at radius 3 is 2.09 bits per heavy atom. The van der Waals surface area contributed by atoms with Crippen molar-refractivity contribution in [3.63, 3.8) is 0 Å². The van der Waals surface area contributed by atoms with Gasteiger partial charge in [-0.15, -0.1) is 0 Å². The quantitative estimate of drug-likeness (QED) is 0.654. The Labute approximate surface area is 134 Å². The highest BCUT2D eigenvalue weighted by Crippen LogP contribution is 2.31. The van der Waals surface area contributed by atoms with Crippen molar-refractivity contribution in [1.82, 2.24) is 0 Å². The lowest BCUT2D eigenvalue weighted by molar-refractivity contribution is -0.130. The molecule has 0 saturated heterocycles. The highest BCUT2D eigenvalue weighted by molar-refractivity contribution is 6.20. The Balaban J connectivity index is 2.45. The van der Waals surface area contributed by atoms with Gasteiger partial charge in [-0.2, -0.15) is 0 Å². The summed E-state index contributed by atoms with van der Waals surface area (Å²) in [5.41, 5.74) is 1.46. The number of carbonyl (C=O) groups is 1. The lowest BCUT2D eigenvalue weighted by Gasteiger charge is -2.10. The summed E-state index contributed by atoms with van der Waals surface area (Å²) in [5, 5.41) is 9.51. The Morgan fingerprint density at radius 2 is 1.57 bits per heavy atom. The molecular formula is C18H18O5. The molecule has 0 saturated carbocycles. The van der Waals surface area contributed by atoms with Gasteiger partial charge in [0.2, 0.25) is 0 Å². The second-order valence-electron chi connectivity index (χ2n) is 4.71. The molecule has 23 heavy (non-hydrogen) atoms. The third-order valence-electron chi connectivity index (χ3n) is 3.35. The Hall–Kier alpha value is -2.95. The smallest absolute Gasteiger partial charge is 0.336 e. The van der Waals surface area contributed by atoms with Crippen molar-refractivity contribution in [3.8, 4) is 17.2 Å². The number of hydrogen-bond acceptors (Lipinski definition) is 4. The summed E-state index contributed by atoms with van der Waals surface area (Å²) in [4.78, 5) is 11.6. The molecule has 0 aliphatic rings. The molecule has 2 aromatic rings. The van der Waals surface area contributed by atoms with Gasteiger partial charge in [0.25, 0.3) is 0 Å². The summed E-state index contributed by atoms with van der Waals surface area (Å²) in [6.45, 7) is 0. The van der Waals surface area contributed by atoms with E-state index < -0.39 is 5.97 Å². The van der Waals surface area contributed by atoms with Gasteiger partial charge in [0.05, 0.1) is 26.9 Å². The molecule has 0 aliphatic heterocycles. The lowest BCUT2D eigenvalue weighted by atomic mass is 10.0. The minimum absolute atomic E-state index is 0.163. The molecule has 0 bridgehead atoms. The first-order chi connectivity index (χ1) is 11.1. The van der Waals surface area contributed by atoms with E-state index in [1.165, 1.54) is 14.2 Å². The van der Waals surface area contributed by atoms with Crippen molar-refractivity contribution in [2.75, 3.05) is 21.3 Å². The number of methoxy groups -OCH3 is 3. The van der Waals surface area contributed by atoms with Crippen LogP contribution in [-0.4, -0.2) is 32.4 Å². The molecule has 0 amide bonds. The van der Waals surface area contributed by atoms with Crippen molar-refractivity contribution < 1.29 is 24.1 Å². The predicted molar refractivity (Wildman–Crippen MR) is 88.0 cm³/mol. The van der Waals surface area contributed by atoms with Gasteiger partial charge in [-0.3, -0.25) is 0 Å². The zero-order chi connectivity index (χ0) is 16.8. The van der Waals surface area contributed by atoms with Gasteiger partial charge >= 0.3 is 5.97 Å². The maximum Gasteiger partial charge on any atom is 0.336 e. The van der Waals surface area contributed by atoms with Crippen molar-refractivity contribution in [2.45, 2.75) is 0 Å². The molecule has 5 heteroatoms. The second-order valence-corrected chi connectivity index (χ2v) is 4.71. The largest absolute Gasteiger partial charge is 0.497 e. The van der Waals surface area contributed by atoms with Gasteiger partial charge < -0.3 is 19.3 Å². The molecular weight excluding hydrogens is 296 g/mol. The Kier molecular flexibility index (Phi) is 5.25. The van der Waals surface area contributed by atoms with Crippen LogP contribution in [0.3, 0.4) is 0 Å². The van der Waals surface area contributed by atoms with Gasteiger partial charge in [-0.1, -0.05) is 18.2 Å². The summed E-state index contributed by atoms with van der Waals surface area (Å²) in [7, 11) is 4.62. The zero-order valence-corrected chi connectivity index (χ0v) is 13.2. The molecule has 0 unspecified atom stereocenters. The van der Waals surface area contributed by atoms with Crippen LogP contribution in [0.15, 0.2) is 42.5 Å². The molecule has 2 rings (SSSR count). The Morgan fingerprint density at radius 1 is 0.913 bits per heavy atom. The summed E-state index contributed by atoms with van der Waals surface area (Å²) in [6, 6.07) is 12.1. The number of benzene rings is 2. The molecule has 0 fully saturated rings. The monoisotopic (exact) mass is 314 g/mol. The fourth-order valence-electron chi connectivity index (χ4n) is 2.14. The number of ether oxygens (including phenoxy) is 3. The van der Waals surface area contributed by atoms with E-state index in [4.69, 9.17) is 14.2 Å². The molecule has 0 aromatic heterocycles. The summed E-state index contributed by atoms with van der Waals surface area (Å²) in [5.74, 6) is 0.718. The van der Waals surface area contributed by atoms with Crippen LogP contribution in [0.25, 0.3) is 11.6 Å². The number of carboxylic acid groups (broad SMARTS) is 1. The topological polar surface area (TPSA) is 65.0 Å². The average molecular weight is 314 g/mol. The van der Waals surface area contributed by atoms with Crippen LogP contribution >= 0.6 is 0 Å². The van der Waals surface area contributed by atoms with Gasteiger partial charge in [-0.25, -0.2) is 4.79 Å². The fourth-order valence-corrected chi connectivity index (χ4v) is 2.14. The predicted octanol–water partition coefficient (Wildman–Crippen LogP) is 3.34. The first kappa shape index (κ1) is 16.4. The molecule has 5 nitrogen and oxygen atoms in total. The molecule has 1 N–H and O–H groups in total. The third kappa shape index (κ3) is 3.83. The molecule has 0 radical (unpaired) electrons. The molecule has 2 aromatic carbocycles. The second kappa shape index (κ2) is 7.35. The van der Waals surface area contributed by atoms with Crippen LogP contribution in [-0.2, 0) is 4.79 Å². The minimum atomic E-state index is -1.02. The van der Waals surface area contributed by atoms with Crippen LogP contribution in [0.2, 0.25) is 0 Å². The highest BCUT2D eigenvalue weighted by Gasteiger charge is 2.14. The highest BCUT2D eigenvalue weighted by atomic mass is 16.5. The van der Waals surface area contributed by atoms with Crippen LogP contribution in [0, 0.1) is 0 Å². The summed E-state index contributed by atoms with van der Waals surface area (Å²) < 4.78 is 15.5. The SMILES string of the molecule is COc1ccc(/C=C(\C(=O)O)c2ccc(OC)c(OC)c2)cc1. The molecule has 0 heterocycles. The summed E-state index contributed by atoms with van der Waals surface area (Å²) >= 11 is 0. The number of aliphatic carboxylic acids is 1. The van der Waals surface area contributed by atoms with E-state index in [1.54, 1.807) is 55.7 Å². The van der Waals surface area contributed by atoms with E-state index >= 15 is 0 Å². The zero-order valence-electron chi connectivity index (χ0n) is 13.2. The summed E-state index contributed by atoms with van der Waals surface area (Å²) in [6.07, 6.45) is 1.60. The maximum atomic E-state index is 11.6. The van der Waals surface area contributed by atoms with Gasteiger partial charge in [-0.05, 0) is 41.5 Å². The van der Waals surface area contributed by atoms with E-state index in [-0.39, 0.29) is 5.57 Å². The molecule has 120 valence electrons. The van der Waals surface area contributed by atoms with Gasteiger partial charge in [0.1, 0.15) is 5.75 Å². The van der Waals surface area contributed by atoms with E-state index in [0.29, 0.717) is 22.8 Å². The first-order valence-corrected chi connectivity index (χ1v) is 6.90. The first-order valence-electron chi connectivity index (χ1n) is 6.90. The van der Waals surface area contributed by atoms with Crippen LogP contribution in [0.4, 0.5) is 0 Å².